The number of hydrogen-bond donors (Lipinski definition) is 0. The third-order valence-electron chi connectivity index (χ3n) is 11.2. The molecular formula is C51H30N4S. The van der Waals surface area contributed by atoms with Crippen LogP contribution in [-0.4, -0.2) is 15.0 Å². The van der Waals surface area contributed by atoms with Crippen LogP contribution in [0.1, 0.15) is 27.8 Å². The third kappa shape index (κ3) is 4.90. The second-order valence-electron chi connectivity index (χ2n) is 14.3. The number of fused-ring (bicyclic) bond motifs is 10. The zero-order valence-corrected chi connectivity index (χ0v) is 30.8. The lowest BCUT2D eigenvalue weighted by Crippen LogP contribution is -2.32. The Labute approximate surface area is 328 Å². The highest BCUT2D eigenvalue weighted by molar-refractivity contribution is 7.99. The largest absolute Gasteiger partial charge is 0.208 e. The van der Waals surface area contributed by atoms with E-state index >= 15 is 0 Å². The number of benzene rings is 8. The molecular weight excluding hydrogens is 701 g/mol. The Morgan fingerprint density at radius 3 is 1.71 bits per heavy atom. The van der Waals surface area contributed by atoms with Gasteiger partial charge in [0, 0.05) is 26.5 Å². The van der Waals surface area contributed by atoms with Crippen LogP contribution in [0, 0.1) is 11.3 Å². The molecule has 2 heterocycles. The summed E-state index contributed by atoms with van der Waals surface area (Å²) in [5.74, 6) is 1.91. The molecule has 0 saturated heterocycles. The SMILES string of the molecule is N#Cc1ccc(-c2ccc3c(c2)C2(c4ccccc4Sc4c(-c5nc(-c6ccccc6)nc(-c6ccccc6)n5)cccc42)c2cc4ccccc4cc2-3)cc1. The zero-order chi connectivity index (χ0) is 37.2. The molecule has 0 radical (unpaired) electrons. The van der Waals surface area contributed by atoms with Crippen LogP contribution in [0.5, 0.6) is 0 Å². The normalized spacial score (nSPS) is 14.8. The molecule has 56 heavy (non-hydrogen) atoms. The molecule has 1 aliphatic heterocycles. The maximum atomic E-state index is 9.55. The molecule has 4 nitrogen and oxygen atoms in total. The highest BCUT2D eigenvalue weighted by Gasteiger charge is 2.51. The van der Waals surface area contributed by atoms with Crippen molar-refractivity contribution in [1.82, 2.24) is 15.0 Å². The fraction of sp³-hybridized carbons (Fsp3) is 0.0196. The summed E-state index contributed by atoms with van der Waals surface area (Å²) in [6.07, 6.45) is 0. The number of nitriles is 1. The van der Waals surface area contributed by atoms with E-state index in [1.54, 1.807) is 11.8 Å². The average Bonchev–Trinajstić information content (AvgIpc) is 3.54. The Balaban J connectivity index is 1.22. The summed E-state index contributed by atoms with van der Waals surface area (Å²) >= 11 is 1.79. The van der Waals surface area contributed by atoms with Crippen molar-refractivity contribution in [2.45, 2.75) is 15.2 Å². The molecule has 0 bridgehead atoms. The first kappa shape index (κ1) is 32.3. The average molecular weight is 731 g/mol. The van der Waals surface area contributed by atoms with E-state index in [2.05, 4.69) is 140 Å². The van der Waals surface area contributed by atoms with E-state index in [-0.39, 0.29) is 0 Å². The minimum Gasteiger partial charge on any atom is -0.208 e. The van der Waals surface area contributed by atoms with Crippen molar-refractivity contribution in [2.75, 3.05) is 0 Å². The van der Waals surface area contributed by atoms with E-state index in [0.29, 0.717) is 23.0 Å². The van der Waals surface area contributed by atoms with Crippen LogP contribution in [0.3, 0.4) is 0 Å². The Hall–Kier alpha value is -7.13. The van der Waals surface area contributed by atoms with Crippen LogP contribution in [0.25, 0.3) is 67.2 Å². The number of hydrogen-bond acceptors (Lipinski definition) is 5. The molecule has 2 aliphatic rings. The lowest BCUT2D eigenvalue weighted by Gasteiger charge is -2.40. The number of nitrogens with zero attached hydrogens (tertiary/aromatic N) is 4. The minimum atomic E-state index is -0.637. The monoisotopic (exact) mass is 730 g/mol. The highest BCUT2D eigenvalue weighted by atomic mass is 32.2. The quantitative estimate of drug-likeness (QED) is 0.180. The summed E-state index contributed by atoms with van der Waals surface area (Å²) in [6.45, 7) is 0. The fourth-order valence-electron chi connectivity index (χ4n) is 8.67. The van der Waals surface area contributed by atoms with E-state index in [0.717, 1.165) is 32.7 Å². The van der Waals surface area contributed by atoms with Gasteiger partial charge in [0.1, 0.15) is 0 Å². The molecule has 1 aliphatic carbocycles. The van der Waals surface area contributed by atoms with Crippen LogP contribution in [0.15, 0.2) is 192 Å². The van der Waals surface area contributed by atoms with Crippen molar-refractivity contribution in [3.63, 3.8) is 0 Å². The molecule has 11 rings (SSSR count). The van der Waals surface area contributed by atoms with Gasteiger partial charge >= 0.3 is 0 Å². The summed E-state index contributed by atoms with van der Waals surface area (Å²) in [5.41, 5.74) is 12.5. The predicted octanol–water partition coefficient (Wildman–Crippen LogP) is 12.4. The van der Waals surface area contributed by atoms with Gasteiger partial charge in [0.05, 0.1) is 17.0 Å². The molecule has 9 aromatic rings. The standard InChI is InChI=1S/C51H30N4S/c52-31-32-22-24-33(25-23-32)38-26-27-39-41-28-36-16-7-8-17-37(36)29-45(41)51(44(39)30-38)42-19-9-10-21-46(42)56-47-40(18-11-20-43(47)51)50-54-48(34-12-3-1-4-13-34)53-49(55-50)35-14-5-2-6-15-35/h1-30H. The summed E-state index contributed by atoms with van der Waals surface area (Å²) in [7, 11) is 0. The number of rotatable bonds is 4. The van der Waals surface area contributed by atoms with Crippen molar-refractivity contribution in [3.05, 3.63) is 210 Å². The molecule has 0 saturated carbocycles. The number of aromatic nitrogens is 3. The zero-order valence-electron chi connectivity index (χ0n) is 30.0. The maximum absolute atomic E-state index is 9.55. The smallest absolute Gasteiger partial charge is 0.165 e. The highest BCUT2D eigenvalue weighted by Crippen LogP contribution is 2.64. The second-order valence-corrected chi connectivity index (χ2v) is 15.3. The van der Waals surface area contributed by atoms with Gasteiger partial charge in [-0.3, -0.25) is 0 Å². The van der Waals surface area contributed by atoms with Gasteiger partial charge in [0.25, 0.3) is 0 Å². The molecule has 260 valence electrons. The first-order valence-electron chi connectivity index (χ1n) is 18.7. The van der Waals surface area contributed by atoms with Crippen LogP contribution in [0.2, 0.25) is 0 Å². The Morgan fingerprint density at radius 2 is 1.00 bits per heavy atom. The van der Waals surface area contributed by atoms with Crippen molar-refractivity contribution in [1.29, 1.82) is 5.26 Å². The Kier molecular flexibility index (Phi) is 7.35. The summed E-state index contributed by atoms with van der Waals surface area (Å²) in [5, 5.41) is 12.0. The van der Waals surface area contributed by atoms with Crippen molar-refractivity contribution < 1.29 is 0 Å². The molecule has 0 fully saturated rings. The van der Waals surface area contributed by atoms with Gasteiger partial charge in [-0.25, -0.2) is 15.0 Å². The van der Waals surface area contributed by atoms with Crippen LogP contribution in [-0.2, 0) is 5.41 Å². The Morgan fingerprint density at radius 1 is 0.411 bits per heavy atom. The van der Waals surface area contributed by atoms with Gasteiger partial charge in [0.2, 0.25) is 0 Å². The first-order chi connectivity index (χ1) is 27.7. The van der Waals surface area contributed by atoms with Crippen molar-refractivity contribution >= 4 is 22.5 Å². The van der Waals surface area contributed by atoms with Gasteiger partial charge < -0.3 is 0 Å². The molecule has 0 amide bonds. The lowest BCUT2D eigenvalue weighted by atomic mass is 9.66. The molecule has 0 N–H and O–H groups in total. The predicted molar refractivity (Wildman–Crippen MR) is 225 cm³/mol. The van der Waals surface area contributed by atoms with Gasteiger partial charge in [-0.15, -0.1) is 0 Å². The fourth-order valence-corrected chi connectivity index (χ4v) is 9.97. The summed E-state index contributed by atoms with van der Waals surface area (Å²) < 4.78 is 0. The molecule has 1 spiro atoms. The van der Waals surface area contributed by atoms with Gasteiger partial charge in [-0.1, -0.05) is 157 Å². The van der Waals surface area contributed by atoms with Crippen molar-refractivity contribution in [2.24, 2.45) is 0 Å². The molecule has 5 heteroatoms. The third-order valence-corrected chi connectivity index (χ3v) is 12.4. The van der Waals surface area contributed by atoms with E-state index in [1.165, 1.54) is 49.0 Å². The van der Waals surface area contributed by atoms with Gasteiger partial charge in [-0.05, 0) is 91.7 Å². The van der Waals surface area contributed by atoms with E-state index < -0.39 is 5.41 Å². The molecule has 1 aromatic heterocycles. The summed E-state index contributed by atoms with van der Waals surface area (Å²) in [4.78, 5) is 17.8. The van der Waals surface area contributed by atoms with Crippen molar-refractivity contribution in [3.8, 4) is 62.5 Å². The molecule has 8 aromatic carbocycles. The van der Waals surface area contributed by atoms with Gasteiger partial charge in [-0.2, -0.15) is 5.26 Å². The van der Waals surface area contributed by atoms with Crippen LogP contribution >= 0.6 is 11.8 Å². The molecule has 1 unspecified atom stereocenters. The van der Waals surface area contributed by atoms with Crippen LogP contribution in [0.4, 0.5) is 0 Å². The van der Waals surface area contributed by atoms with E-state index in [1.807, 2.05) is 48.5 Å². The van der Waals surface area contributed by atoms with Crippen LogP contribution < -0.4 is 0 Å². The topological polar surface area (TPSA) is 62.5 Å². The maximum Gasteiger partial charge on any atom is 0.165 e. The lowest BCUT2D eigenvalue weighted by molar-refractivity contribution is 0.724. The van der Waals surface area contributed by atoms with Gasteiger partial charge in [0.15, 0.2) is 17.5 Å². The first-order valence-corrected chi connectivity index (χ1v) is 19.5. The molecule has 1 atom stereocenters. The second kappa shape index (κ2) is 12.7. The minimum absolute atomic E-state index is 0.637. The summed E-state index contributed by atoms with van der Waals surface area (Å²) in [6, 6.07) is 66.4. The van der Waals surface area contributed by atoms with E-state index in [9.17, 15) is 5.26 Å². The van der Waals surface area contributed by atoms with E-state index in [4.69, 9.17) is 15.0 Å². The Bertz CT molecular complexity index is 3000.